The highest BCUT2D eigenvalue weighted by molar-refractivity contribution is 6.30. The fourth-order valence-electron chi connectivity index (χ4n) is 4.34. The van der Waals surface area contributed by atoms with Gasteiger partial charge in [-0.3, -0.25) is 9.36 Å². The Morgan fingerprint density at radius 2 is 1.94 bits per heavy atom. The van der Waals surface area contributed by atoms with Crippen LogP contribution in [-0.2, 0) is 4.74 Å². The average Bonchev–Trinajstić information content (AvgIpc) is 2.86. The number of halogens is 2. The minimum atomic E-state index is -0.633. The summed E-state index contributed by atoms with van der Waals surface area (Å²) >= 11 is 5.96. The number of hydrogen-bond donors (Lipinski definition) is 0. The van der Waals surface area contributed by atoms with E-state index in [0.29, 0.717) is 42.4 Å². The molecule has 1 aliphatic heterocycles. The second kappa shape index (κ2) is 9.31. The second-order valence-electron chi connectivity index (χ2n) is 8.49. The monoisotopic (exact) mass is 495 g/mol. The molecule has 0 unspecified atom stereocenters. The van der Waals surface area contributed by atoms with E-state index in [9.17, 15) is 4.79 Å². The molecule has 0 bridgehead atoms. The molecule has 35 heavy (non-hydrogen) atoms. The molecule has 4 heterocycles. The average molecular weight is 496 g/mol. The quantitative estimate of drug-likeness (QED) is 0.407. The maximum atomic E-state index is 15.0. The highest BCUT2D eigenvalue weighted by atomic mass is 35.5. The van der Waals surface area contributed by atoms with Crippen LogP contribution in [0.15, 0.2) is 41.3 Å². The van der Waals surface area contributed by atoms with Gasteiger partial charge in [0, 0.05) is 29.8 Å². The van der Waals surface area contributed by atoms with Crippen molar-refractivity contribution in [1.82, 2.24) is 24.5 Å². The molecular formula is C25H23ClFN5O3. The number of aryl methyl sites for hydroxylation is 2. The number of nitrogens with zero attached hydrogens (tertiary/aromatic N) is 5. The van der Waals surface area contributed by atoms with E-state index in [2.05, 4.69) is 19.9 Å². The lowest BCUT2D eigenvalue weighted by molar-refractivity contribution is 0.00426. The molecule has 0 N–H and O–H groups in total. The van der Waals surface area contributed by atoms with Crippen LogP contribution in [0.4, 0.5) is 4.39 Å². The standard InChI is InChI=1S/C25H23ClFN5O3/c1-13-14(2)30-24-23(29-13)31-22(25(33)32(24)19-5-4-17(26)12-18(19)27)16-7-9-35-20(10-16)15-6-8-28-21(11-15)34-3/h4-6,8,11-12,16,20H,7,9-10H2,1-3H3/t16-,20+/m1/s1. The SMILES string of the molecule is COc1cc([C@@H]2C[C@H](c3nc4nc(C)c(C)nc4n(-c4ccc(Cl)cc4F)c3=O)CCO2)ccn1. The largest absolute Gasteiger partial charge is 0.481 e. The Morgan fingerprint density at radius 3 is 2.71 bits per heavy atom. The van der Waals surface area contributed by atoms with Gasteiger partial charge in [-0.25, -0.2) is 24.3 Å². The number of hydrogen-bond acceptors (Lipinski definition) is 7. The van der Waals surface area contributed by atoms with Crippen molar-refractivity contribution in [3.05, 3.63) is 80.4 Å². The van der Waals surface area contributed by atoms with E-state index >= 15 is 4.39 Å². The molecule has 0 aliphatic carbocycles. The van der Waals surface area contributed by atoms with Gasteiger partial charge in [0.1, 0.15) is 11.5 Å². The number of ether oxygens (including phenoxy) is 2. The molecule has 0 saturated carbocycles. The number of benzene rings is 1. The number of fused-ring (bicyclic) bond motifs is 1. The van der Waals surface area contributed by atoms with E-state index in [-0.39, 0.29) is 34.0 Å². The molecular weight excluding hydrogens is 473 g/mol. The maximum absolute atomic E-state index is 15.0. The van der Waals surface area contributed by atoms with Crippen LogP contribution in [0, 0.1) is 19.7 Å². The van der Waals surface area contributed by atoms with Gasteiger partial charge < -0.3 is 9.47 Å². The van der Waals surface area contributed by atoms with E-state index in [0.717, 1.165) is 5.56 Å². The van der Waals surface area contributed by atoms with Gasteiger partial charge in [-0.15, -0.1) is 0 Å². The van der Waals surface area contributed by atoms with Gasteiger partial charge in [-0.1, -0.05) is 11.6 Å². The zero-order valence-corrected chi connectivity index (χ0v) is 20.2. The maximum Gasteiger partial charge on any atom is 0.278 e. The Bertz CT molecular complexity index is 1490. The summed E-state index contributed by atoms with van der Waals surface area (Å²) in [4.78, 5) is 31.7. The molecule has 0 spiro atoms. The summed E-state index contributed by atoms with van der Waals surface area (Å²) in [6.45, 7) is 4.05. The highest BCUT2D eigenvalue weighted by Crippen LogP contribution is 2.37. The topological polar surface area (TPSA) is 92.0 Å². The van der Waals surface area contributed by atoms with Crippen LogP contribution in [0.25, 0.3) is 17.0 Å². The van der Waals surface area contributed by atoms with Gasteiger partial charge in [0.2, 0.25) is 5.88 Å². The van der Waals surface area contributed by atoms with Crippen molar-refractivity contribution >= 4 is 22.9 Å². The normalized spacial score (nSPS) is 18.1. The van der Waals surface area contributed by atoms with Gasteiger partial charge in [0.05, 0.1) is 30.3 Å². The molecule has 180 valence electrons. The minimum Gasteiger partial charge on any atom is -0.481 e. The fraction of sp³-hybridized carbons (Fsp3) is 0.320. The summed E-state index contributed by atoms with van der Waals surface area (Å²) in [5, 5.41) is 0.232. The van der Waals surface area contributed by atoms with Gasteiger partial charge in [-0.2, -0.15) is 0 Å². The minimum absolute atomic E-state index is 0.0492. The molecule has 1 aliphatic rings. The third-order valence-electron chi connectivity index (χ3n) is 6.29. The van der Waals surface area contributed by atoms with Gasteiger partial charge in [0.15, 0.2) is 11.3 Å². The number of rotatable bonds is 4. The van der Waals surface area contributed by atoms with Crippen molar-refractivity contribution in [3.8, 4) is 11.6 Å². The second-order valence-corrected chi connectivity index (χ2v) is 8.92. The van der Waals surface area contributed by atoms with Crippen molar-refractivity contribution in [2.45, 2.75) is 38.7 Å². The van der Waals surface area contributed by atoms with Gasteiger partial charge >= 0.3 is 0 Å². The Hall–Kier alpha value is -3.43. The molecule has 1 aromatic carbocycles. The molecule has 1 fully saturated rings. The number of pyridine rings is 1. The Kier molecular flexibility index (Phi) is 6.21. The molecule has 4 aromatic rings. The van der Waals surface area contributed by atoms with Crippen LogP contribution in [-0.4, -0.2) is 38.2 Å². The van der Waals surface area contributed by atoms with Crippen LogP contribution < -0.4 is 10.3 Å². The summed E-state index contributed by atoms with van der Waals surface area (Å²) in [6, 6.07) is 7.86. The molecule has 0 radical (unpaired) electrons. The number of aromatic nitrogens is 5. The smallest absolute Gasteiger partial charge is 0.278 e. The van der Waals surface area contributed by atoms with E-state index < -0.39 is 11.4 Å². The summed E-state index contributed by atoms with van der Waals surface area (Å²) in [5.41, 5.74) is 2.62. The zero-order valence-electron chi connectivity index (χ0n) is 19.5. The molecule has 3 aromatic heterocycles. The van der Waals surface area contributed by atoms with Crippen LogP contribution in [0.3, 0.4) is 0 Å². The lowest BCUT2D eigenvalue weighted by Gasteiger charge is -2.29. The molecule has 0 amide bonds. The van der Waals surface area contributed by atoms with Crippen molar-refractivity contribution in [3.63, 3.8) is 0 Å². The van der Waals surface area contributed by atoms with E-state index in [1.54, 1.807) is 20.2 Å². The van der Waals surface area contributed by atoms with Crippen molar-refractivity contribution < 1.29 is 13.9 Å². The first kappa shape index (κ1) is 23.3. The zero-order chi connectivity index (χ0) is 24.7. The van der Waals surface area contributed by atoms with E-state index in [4.69, 9.17) is 21.1 Å². The predicted octanol–water partition coefficient (Wildman–Crippen LogP) is 4.62. The Morgan fingerprint density at radius 1 is 1.14 bits per heavy atom. The first-order chi connectivity index (χ1) is 16.9. The molecule has 1 saturated heterocycles. The lowest BCUT2D eigenvalue weighted by Crippen LogP contribution is -2.31. The summed E-state index contributed by atoms with van der Waals surface area (Å²) < 4.78 is 27.5. The predicted molar refractivity (Wildman–Crippen MR) is 129 cm³/mol. The Labute approximate surface area is 205 Å². The fourth-order valence-corrected chi connectivity index (χ4v) is 4.50. The van der Waals surface area contributed by atoms with E-state index in [1.807, 2.05) is 19.1 Å². The molecule has 8 nitrogen and oxygen atoms in total. The van der Waals surface area contributed by atoms with Crippen LogP contribution in [0.2, 0.25) is 5.02 Å². The third-order valence-corrected chi connectivity index (χ3v) is 6.53. The molecule has 5 rings (SSSR count). The van der Waals surface area contributed by atoms with Crippen LogP contribution >= 0.6 is 11.6 Å². The van der Waals surface area contributed by atoms with Crippen molar-refractivity contribution in [1.29, 1.82) is 0 Å². The summed E-state index contributed by atoms with van der Waals surface area (Å²) in [7, 11) is 1.55. The molecule has 10 heteroatoms. The van der Waals surface area contributed by atoms with E-state index in [1.165, 1.54) is 22.8 Å². The first-order valence-corrected chi connectivity index (χ1v) is 11.6. The van der Waals surface area contributed by atoms with Crippen LogP contribution in [0.1, 0.15) is 47.5 Å². The van der Waals surface area contributed by atoms with Crippen LogP contribution in [0.5, 0.6) is 5.88 Å². The van der Waals surface area contributed by atoms with Gasteiger partial charge in [0.25, 0.3) is 5.56 Å². The lowest BCUT2D eigenvalue weighted by atomic mass is 9.89. The number of methoxy groups -OCH3 is 1. The van der Waals surface area contributed by atoms with Gasteiger partial charge in [-0.05, 0) is 56.5 Å². The summed E-state index contributed by atoms with van der Waals surface area (Å²) in [6.07, 6.45) is 2.50. The Balaban J connectivity index is 1.66. The third kappa shape index (κ3) is 4.37. The first-order valence-electron chi connectivity index (χ1n) is 11.2. The highest BCUT2D eigenvalue weighted by Gasteiger charge is 2.30. The van der Waals surface area contributed by atoms with Crippen molar-refractivity contribution in [2.24, 2.45) is 0 Å². The summed E-state index contributed by atoms with van der Waals surface area (Å²) in [5.74, 6) is -0.375. The molecule has 2 atom stereocenters. The van der Waals surface area contributed by atoms with Crippen molar-refractivity contribution in [2.75, 3.05) is 13.7 Å².